The molecule has 31 heavy (non-hydrogen) atoms. The van der Waals surface area contributed by atoms with Crippen molar-refractivity contribution in [3.05, 3.63) is 77.6 Å². The Labute approximate surface area is 179 Å². The zero-order chi connectivity index (χ0) is 21.5. The molecule has 1 fully saturated rings. The lowest BCUT2D eigenvalue weighted by molar-refractivity contribution is -0.141. The summed E-state index contributed by atoms with van der Waals surface area (Å²) in [5, 5.41) is 13.8. The fourth-order valence-electron chi connectivity index (χ4n) is 4.94. The third-order valence-corrected chi connectivity index (χ3v) is 6.47. The average molecular weight is 417 g/mol. The third kappa shape index (κ3) is 3.26. The lowest BCUT2D eigenvalue weighted by Crippen LogP contribution is -2.31. The highest BCUT2D eigenvalue weighted by Crippen LogP contribution is 2.44. The Morgan fingerprint density at radius 2 is 1.68 bits per heavy atom. The van der Waals surface area contributed by atoms with E-state index in [1.807, 2.05) is 30.3 Å². The Kier molecular flexibility index (Phi) is 4.73. The molecule has 2 unspecified atom stereocenters. The van der Waals surface area contributed by atoms with Gasteiger partial charge in [0.05, 0.1) is 5.92 Å². The van der Waals surface area contributed by atoms with Crippen molar-refractivity contribution < 1.29 is 19.4 Å². The summed E-state index contributed by atoms with van der Waals surface area (Å²) in [4.78, 5) is 26.2. The van der Waals surface area contributed by atoms with E-state index in [9.17, 15) is 14.7 Å². The van der Waals surface area contributed by atoms with Crippen molar-refractivity contribution in [2.75, 3.05) is 19.7 Å². The molecule has 7 nitrogen and oxygen atoms in total. The summed E-state index contributed by atoms with van der Waals surface area (Å²) in [5.74, 6) is -1.94. The molecule has 2 aromatic carbocycles. The number of aromatic nitrogens is 2. The van der Waals surface area contributed by atoms with Gasteiger partial charge in [0.15, 0.2) is 0 Å². The first kappa shape index (κ1) is 19.4. The Morgan fingerprint density at radius 1 is 1.03 bits per heavy atom. The van der Waals surface area contributed by atoms with E-state index in [1.54, 1.807) is 17.9 Å². The molecule has 3 aromatic rings. The van der Waals surface area contributed by atoms with Crippen LogP contribution < -0.4 is 0 Å². The second kappa shape index (κ2) is 7.58. The van der Waals surface area contributed by atoms with E-state index in [-0.39, 0.29) is 25.0 Å². The molecule has 1 saturated heterocycles. The number of amides is 1. The molecule has 2 heterocycles. The normalized spacial score (nSPS) is 19.8. The molecule has 1 aliphatic carbocycles. The van der Waals surface area contributed by atoms with E-state index >= 15 is 0 Å². The minimum atomic E-state index is -0.917. The average Bonchev–Trinajstić information content (AvgIpc) is 3.47. The first-order chi connectivity index (χ1) is 15.0. The van der Waals surface area contributed by atoms with Gasteiger partial charge in [-0.25, -0.2) is 4.79 Å². The fourth-order valence-corrected chi connectivity index (χ4v) is 4.94. The summed E-state index contributed by atoms with van der Waals surface area (Å²) >= 11 is 0. The Morgan fingerprint density at radius 3 is 2.26 bits per heavy atom. The number of carboxylic acid groups (broad SMARTS) is 1. The Bertz CT molecular complexity index is 1110. The number of carboxylic acids is 1. The monoisotopic (exact) mass is 417 g/mol. The molecular formula is C24H23N3O4. The van der Waals surface area contributed by atoms with Gasteiger partial charge in [-0.1, -0.05) is 48.5 Å². The second-order valence-corrected chi connectivity index (χ2v) is 8.14. The van der Waals surface area contributed by atoms with E-state index in [2.05, 4.69) is 29.4 Å². The highest BCUT2D eigenvalue weighted by molar-refractivity contribution is 5.79. The molecule has 0 bridgehead atoms. The Balaban J connectivity index is 1.32. The van der Waals surface area contributed by atoms with Gasteiger partial charge < -0.3 is 14.7 Å². The summed E-state index contributed by atoms with van der Waals surface area (Å²) in [6.07, 6.45) is 1.17. The minimum absolute atomic E-state index is 0.0258. The van der Waals surface area contributed by atoms with Crippen LogP contribution in [0.15, 0.2) is 60.8 Å². The van der Waals surface area contributed by atoms with Crippen LogP contribution in [-0.2, 0) is 16.6 Å². The standard InChI is InChI=1S/C24H23N3O4/c1-26-22(10-11-25-26)19-12-27(13-20(19)23(28)29)24(30)31-14-21-17-8-4-2-6-15(17)16-7-3-5-9-18(16)21/h2-11,19-21H,12-14H2,1H3,(H,28,29). The quantitative estimate of drug-likeness (QED) is 0.703. The van der Waals surface area contributed by atoms with Gasteiger partial charge in [-0.2, -0.15) is 5.10 Å². The summed E-state index contributed by atoms with van der Waals surface area (Å²) in [6.45, 7) is 0.645. The number of nitrogens with zero attached hydrogens (tertiary/aromatic N) is 3. The van der Waals surface area contributed by atoms with Crippen LogP contribution in [0.4, 0.5) is 4.79 Å². The van der Waals surface area contributed by atoms with Crippen molar-refractivity contribution in [2.45, 2.75) is 11.8 Å². The van der Waals surface area contributed by atoms with Crippen LogP contribution in [-0.4, -0.2) is 51.5 Å². The van der Waals surface area contributed by atoms with Gasteiger partial charge in [0.2, 0.25) is 0 Å². The number of rotatable bonds is 4. The lowest BCUT2D eigenvalue weighted by atomic mass is 9.93. The number of hydrogen-bond acceptors (Lipinski definition) is 4. The van der Waals surface area contributed by atoms with Crippen LogP contribution in [0.5, 0.6) is 0 Å². The molecule has 1 N–H and O–H groups in total. The minimum Gasteiger partial charge on any atom is -0.481 e. The van der Waals surface area contributed by atoms with Crippen LogP contribution in [0, 0.1) is 5.92 Å². The van der Waals surface area contributed by atoms with Crippen molar-refractivity contribution in [1.29, 1.82) is 0 Å². The van der Waals surface area contributed by atoms with Gasteiger partial charge in [0.1, 0.15) is 6.61 Å². The maximum absolute atomic E-state index is 12.9. The molecule has 0 radical (unpaired) electrons. The second-order valence-electron chi connectivity index (χ2n) is 8.14. The molecular weight excluding hydrogens is 394 g/mol. The molecule has 1 aromatic heterocycles. The topological polar surface area (TPSA) is 84.7 Å². The molecule has 2 atom stereocenters. The van der Waals surface area contributed by atoms with Gasteiger partial charge in [-0.05, 0) is 28.3 Å². The molecule has 158 valence electrons. The van der Waals surface area contributed by atoms with E-state index in [0.717, 1.165) is 16.8 Å². The zero-order valence-corrected chi connectivity index (χ0v) is 17.1. The van der Waals surface area contributed by atoms with Crippen LogP contribution in [0.1, 0.15) is 28.7 Å². The molecule has 7 heteroatoms. The fraction of sp³-hybridized carbons (Fsp3) is 0.292. The van der Waals surface area contributed by atoms with Crippen LogP contribution in [0.3, 0.4) is 0 Å². The summed E-state index contributed by atoms with van der Waals surface area (Å²) in [6, 6.07) is 18.1. The van der Waals surface area contributed by atoms with Crippen LogP contribution in [0.2, 0.25) is 0 Å². The molecule has 0 saturated carbocycles. The van der Waals surface area contributed by atoms with E-state index in [0.29, 0.717) is 6.54 Å². The van der Waals surface area contributed by atoms with E-state index in [1.165, 1.54) is 16.0 Å². The van der Waals surface area contributed by atoms with Gasteiger partial charge >= 0.3 is 12.1 Å². The predicted molar refractivity (Wildman–Crippen MR) is 114 cm³/mol. The number of fused-ring (bicyclic) bond motifs is 3. The number of aryl methyl sites for hydroxylation is 1. The van der Waals surface area contributed by atoms with Gasteiger partial charge in [0.25, 0.3) is 0 Å². The van der Waals surface area contributed by atoms with Crippen molar-refractivity contribution >= 4 is 12.1 Å². The molecule has 1 amide bonds. The lowest BCUT2D eigenvalue weighted by Gasteiger charge is -2.19. The van der Waals surface area contributed by atoms with Gasteiger partial charge in [0, 0.05) is 43.9 Å². The van der Waals surface area contributed by atoms with Crippen LogP contribution in [0.25, 0.3) is 11.1 Å². The van der Waals surface area contributed by atoms with E-state index < -0.39 is 18.0 Å². The van der Waals surface area contributed by atoms with Gasteiger partial charge in [-0.3, -0.25) is 9.48 Å². The third-order valence-electron chi connectivity index (χ3n) is 6.47. The van der Waals surface area contributed by atoms with Crippen molar-refractivity contribution in [2.24, 2.45) is 13.0 Å². The number of benzene rings is 2. The first-order valence-electron chi connectivity index (χ1n) is 10.3. The van der Waals surface area contributed by atoms with Crippen LogP contribution >= 0.6 is 0 Å². The predicted octanol–water partition coefficient (Wildman–Crippen LogP) is 3.47. The zero-order valence-electron chi connectivity index (χ0n) is 17.1. The number of carbonyl (C=O) groups is 2. The van der Waals surface area contributed by atoms with Gasteiger partial charge in [-0.15, -0.1) is 0 Å². The van der Waals surface area contributed by atoms with E-state index in [4.69, 9.17) is 4.74 Å². The summed E-state index contributed by atoms with van der Waals surface area (Å²) < 4.78 is 7.39. The number of aliphatic carboxylic acids is 1. The van der Waals surface area contributed by atoms with Crippen molar-refractivity contribution in [1.82, 2.24) is 14.7 Å². The Hall–Kier alpha value is -3.61. The summed E-state index contributed by atoms with van der Waals surface area (Å²) in [7, 11) is 1.78. The molecule has 2 aliphatic rings. The number of carbonyl (C=O) groups excluding carboxylic acids is 1. The maximum atomic E-state index is 12.9. The number of likely N-dealkylation sites (tertiary alicyclic amines) is 1. The smallest absolute Gasteiger partial charge is 0.409 e. The maximum Gasteiger partial charge on any atom is 0.409 e. The highest BCUT2D eigenvalue weighted by Gasteiger charge is 2.42. The highest BCUT2D eigenvalue weighted by atomic mass is 16.6. The molecule has 0 spiro atoms. The molecule has 1 aliphatic heterocycles. The molecule has 5 rings (SSSR count). The number of hydrogen-bond donors (Lipinski definition) is 1. The largest absolute Gasteiger partial charge is 0.481 e. The summed E-state index contributed by atoms with van der Waals surface area (Å²) in [5.41, 5.74) is 5.44. The SMILES string of the molecule is Cn1nccc1C1CN(C(=O)OCC2c3ccccc3-c3ccccc32)CC1C(=O)O. The number of ether oxygens (including phenoxy) is 1. The first-order valence-corrected chi connectivity index (χ1v) is 10.3. The van der Waals surface area contributed by atoms with Crippen molar-refractivity contribution in [3.63, 3.8) is 0 Å². The van der Waals surface area contributed by atoms with Crippen molar-refractivity contribution in [3.8, 4) is 11.1 Å².